The van der Waals surface area contributed by atoms with Crippen molar-refractivity contribution in [2.24, 2.45) is 5.92 Å². The highest BCUT2D eigenvalue weighted by atomic mass is 32.2. The molecule has 16 heavy (non-hydrogen) atoms. The second-order valence-corrected chi connectivity index (χ2v) is 7.10. The molecule has 2 atom stereocenters. The van der Waals surface area contributed by atoms with Crippen LogP contribution in [0.4, 0.5) is 0 Å². The highest BCUT2D eigenvalue weighted by molar-refractivity contribution is 7.99. The maximum atomic E-state index is 3.59. The molecule has 1 saturated heterocycles. The molecule has 1 aliphatic heterocycles. The van der Waals surface area contributed by atoms with Gasteiger partial charge in [-0.25, -0.2) is 0 Å². The molecule has 0 aliphatic carbocycles. The Morgan fingerprint density at radius 2 is 2.00 bits per heavy atom. The van der Waals surface area contributed by atoms with Gasteiger partial charge in [0.15, 0.2) is 0 Å². The first-order valence-electron chi connectivity index (χ1n) is 6.59. The largest absolute Gasteiger partial charge is 0.313 e. The molecule has 1 heterocycles. The summed E-state index contributed by atoms with van der Waals surface area (Å²) in [6.07, 6.45) is 0. The van der Waals surface area contributed by atoms with E-state index in [1.807, 2.05) is 0 Å². The molecule has 2 nitrogen and oxygen atoms in total. The van der Waals surface area contributed by atoms with Crippen LogP contribution < -0.4 is 5.32 Å². The second kappa shape index (κ2) is 6.87. The molecule has 0 aromatic heterocycles. The minimum atomic E-state index is 0.595. The fraction of sp³-hybridized carbons (Fsp3) is 1.00. The van der Waals surface area contributed by atoms with Gasteiger partial charge in [-0.15, -0.1) is 0 Å². The molecule has 2 unspecified atom stereocenters. The van der Waals surface area contributed by atoms with Gasteiger partial charge in [0.05, 0.1) is 0 Å². The van der Waals surface area contributed by atoms with Gasteiger partial charge in [0.1, 0.15) is 0 Å². The zero-order valence-corrected chi connectivity index (χ0v) is 12.3. The van der Waals surface area contributed by atoms with Crippen LogP contribution >= 0.6 is 11.8 Å². The third-order valence-electron chi connectivity index (χ3n) is 3.25. The lowest BCUT2D eigenvalue weighted by Crippen LogP contribution is -2.51. The van der Waals surface area contributed by atoms with Gasteiger partial charge in [0.25, 0.3) is 0 Å². The summed E-state index contributed by atoms with van der Waals surface area (Å²) < 4.78 is 0. The molecule has 0 radical (unpaired) electrons. The van der Waals surface area contributed by atoms with Gasteiger partial charge in [0.2, 0.25) is 0 Å². The average Bonchev–Trinajstić information content (AvgIpc) is 2.17. The number of nitrogens with one attached hydrogen (secondary N) is 1. The second-order valence-electron chi connectivity index (χ2n) is 5.55. The van der Waals surface area contributed by atoms with E-state index in [9.17, 15) is 0 Å². The number of hydrogen-bond acceptors (Lipinski definition) is 3. The van der Waals surface area contributed by atoms with E-state index < -0.39 is 0 Å². The van der Waals surface area contributed by atoms with E-state index in [0.717, 1.165) is 17.7 Å². The highest BCUT2D eigenvalue weighted by Gasteiger charge is 2.26. The number of thioether (sulfide) groups is 1. The SMILES string of the molecule is CC(C)NCC(C(C)C)N1CCSC(C)C1. The lowest BCUT2D eigenvalue weighted by atomic mass is 10.0. The maximum absolute atomic E-state index is 3.59. The predicted octanol–water partition coefficient (Wildman–Crippen LogP) is 2.45. The molecule has 1 fully saturated rings. The fourth-order valence-electron chi connectivity index (χ4n) is 2.29. The van der Waals surface area contributed by atoms with Crippen LogP contribution in [-0.2, 0) is 0 Å². The molecule has 0 spiro atoms. The summed E-state index contributed by atoms with van der Waals surface area (Å²) >= 11 is 2.11. The Labute approximate surface area is 106 Å². The van der Waals surface area contributed by atoms with E-state index in [2.05, 4.69) is 56.6 Å². The van der Waals surface area contributed by atoms with E-state index in [1.54, 1.807) is 0 Å². The minimum absolute atomic E-state index is 0.595. The molecule has 0 saturated carbocycles. The van der Waals surface area contributed by atoms with Crippen molar-refractivity contribution in [2.45, 2.75) is 52.0 Å². The molecule has 0 aromatic carbocycles. The normalized spacial score (nSPS) is 25.3. The zero-order valence-electron chi connectivity index (χ0n) is 11.5. The molecule has 1 rings (SSSR count). The van der Waals surface area contributed by atoms with E-state index in [-0.39, 0.29) is 0 Å². The Kier molecular flexibility index (Phi) is 6.16. The van der Waals surface area contributed by atoms with Gasteiger partial charge < -0.3 is 5.32 Å². The summed E-state index contributed by atoms with van der Waals surface area (Å²) in [4.78, 5) is 2.68. The highest BCUT2D eigenvalue weighted by Crippen LogP contribution is 2.22. The molecular formula is C13H28N2S. The molecule has 3 heteroatoms. The van der Waals surface area contributed by atoms with Crippen molar-refractivity contribution in [1.29, 1.82) is 0 Å². The maximum Gasteiger partial charge on any atom is 0.0244 e. The Morgan fingerprint density at radius 3 is 2.50 bits per heavy atom. The lowest BCUT2D eigenvalue weighted by Gasteiger charge is -2.39. The average molecular weight is 244 g/mol. The molecule has 1 aliphatic rings. The molecule has 0 amide bonds. The summed E-state index contributed by atoms with van der Waals surface area (Å²) in [5, 5.41) is 4.39. The van der Waals surface area contributed by atoms with Gasteiger partial charge in [0, 0.05) is 42.7 Å². The zero-order chi connectivity index (χ0) is 12.1. The standard InChI is InChI=1S/C13H28N2S/c1-10(2)13(8-14-11(3)4)15-6-7-16-12(5)9-15/h10-14H,6-9H2,1-5H3. The summed E-state index contributed by atoms with van der Waals surface area (Å²) in [6.45, 7) is 15.2. The van der Waals surface area contributed by atoms with Gasteiger partial charge in [-0.2, -0.15) is 11.8 Å². The third kappa shape index (κ3) is 4.64. The van der Waals surface area contributed by atoms with Gasteiger partial charge in [-0.3, -0.25) is 4.90 Å². The Morgan fingerprint density at radius 1 is 1.31 bits per heavy atom. The van der Waals surface area contributed by atoms with E-state index in [0.29, 0.717) is 12.1 Å². The topological polar surface area (TPSA) is 15.3 Å². The van der Waals surface area contributed by atoms with Gasteiger partial charge in [-0.1, -0.05) is 34.6 Å². The molecule has 0 aromatic rings. The van der Waals surface area contributed by atoms with Crippen LogP contribution in [0.3, 0.4) is 0 Å². The summed E-state index contributed by atoms with van der Waals surface area (Å²) in [5.41, 5.74) is 0. The Balaban J connectivity index is 2.48. The summed E-state index contributed by atoms with van der Waals surface area (Å²) in [6, 6.07) is 1.29. The quantitative estimate of drug-likeness (QED) is 0.800. The van der Waals surface area contributed by atoms with E-state index in [1.165, 1.54) is 18.8 Å². The number of hydrogen-bond donors (Lipinski definition) is 1. The first-order valence-corrected chi connectivity index (χ1v) is 7.64. The van der Waals surface area contributed by atoms with Gasteiger partial charge >= 0.3 is 0 Å². The van der Waals surface area contributed by atoms with Crippen molar-refractivity contribution in [3.63, 3.8) is 0 Å². The summed E-state index contributed by atoms with van der Waals surface area (Å²) in [5.74, 6) is 2.04. The fourth-order valence-corrected chi connectivity index (χ4v) is 3.33. The first kappa shape index (κ1) is 14.3. The molecular weight excluding hydrogens is 216 g/mol. The van der Waals surface area contributed by atoms with Crippen LogP contribution in [0, 0.1) is 5.92 Å². The van der Waals surface area contributed by atoms with Crippen molar-refractivity contribution in [2.75, 3.05) is 25.4 Å². The summed E-state index contributed by atoms with van der Waals surface area (Å²) in [7, 11) is 0. The lowest BCUT2D eigenvalue weighted by molar-refractivity contribution is 0.156. The van der Waals surface area contributed by atoms with Crippen LogP contribution in [-0.4, -0.2) is 47.6 Å². The number of nitrogens with zero attached hydrogens (tertiary/aromatic N) is 1. The van der Waals surface area contributed by atoms with Crippen molar-refractivity contribution >= 4 is 11.8 Å². The van der Waals surface area contributed by atoms with Gasteiger partial charge in [-0.05, 0) is 5.92 Å². The Bertz CT molecular complexity index is 194. The first-order chi connectivity index (χ1) is 7.50. The van der Waals surface area contributed by atoms with Crippen LogP contribution in [0.5, 0.6) is 0 Å². The van der Waals surface area contributed by atoms with Crippen LogP contribution in [0.2, 0.25) is 0 Å². The van der Waals surface area contributed by atoms with E-state index >= 15 is 0 Å². The minimum Gasteiger partial charge on any atom is -0.313 e. The van der Waals surface area contributed by atoms with Crippen molar-refractivity contribution in [3.8, 4) is 0 Å². The van der Waals surface area contributed by atoms with Crippen molar-refractivity contribution in [1.82, 2.24) is 10.2 Å². The number of rotatable bonds is 5. The van der Waals surface area contributed by atoms with Crippen LogP contribution in [0.25, 0.3) is 0 Å². The van der Waals surface area contributed by atoms with E-state index in [4.69, 9.17) is 0 Å². The van der Waals surface area contributed by atoms with Crippen molar-refractivity contribution < 1.29 is 0 Å². The molecule has 1 N–H and O–H groups in total. The smallest absolute Gasteiger partial charge is 0.0244 e. The Hall–Kier alpha value is 0.270. The monoisotopic (exact) mass is 244 g/mol. The molecule has 96 valence electrons. The van der Waals surface area contributed by atoms with Crippen LogP contribution in [0.1, 0.15) is 34.6 Å². The predicted molar refractivity (Wildman–Crippen MR) is 75.3 cm³/mol. The third-order valence-corrected chi connectivity index (χ3v) is 4.38. The molecule has 0 bridgehead atoms. The van der Waals surface area contributed by atoms with Crippen molar-refractivity contribution in [3.05, 3.63) is 0 Å². The van der Waals surface area contributed by atoms with Crippen LogP contribution in [0.15, 0.2) is 0 Å².